The normalized spacial score (nSPS) is 10.8. The lowest BCUT2D eigenvalue weighted by Gasteiger charge is -2.00. The van der Waals surface area contributed by atoms with Crippen molar-refractivity contribution in [1.29, 1.82) is 0 Å². The molecular weight excluding hydrogens is 348 g/mol. The van der Waals surface area contributed by atoms with Crippen LogP contribution in [0.3, 0.4) is 0 Å². The molecule has 0 saturated carbocycles. The molecule has 0 saturated heterocycles. The van der Waals surface area contributed by atoms with Crippen molar-refractivity contribution in [2.75, 3.05) is 5.32 Å². The van der Waals surface area contributed by atoms with Gasteiger partial charge in [0.1, 0.15) is 11.5 Å². The Kier molecular flexibility index (Phi) is 4.37. The van der Waals surface area contributed by atoms with Crippen molar-refractivity contribution in [3.8, 4) is 5.69 Å². The largest absolute Gasteiger partial charge is 0.466 e. The van der Waals surface area contributed by atoms with Crippen LogP contribution in [0.5, 0.6) is 0 Å². The molecule has 1 N–H and O–H groups in total. The summed E-state index contributed by atoms with van der Waals surface area (Å²) in [5.41, 5.74) is 1.24. The molecule has 1 amide bonds. The van der Waals surface area contributed by atoms with Gasteiger partial charge in [-0.15, -0.1) is 11.3 Å². The Morgan fingerprint density at radius 3 is 2.81 bits per heavy atom. The first-order valence-electron chi connectivity index (χ1n) is 8.10. The highest BCUT2D eigenvalue weighted by Gasteiger charge is 2.13. The third-order valence-corrected chi connectivity index (χ3v) is 4.67. The second-order valence-corrected chi connectivity index (χ2v) is 6.87. The van der Waals surface area contributed by atoms with Crippen LogP contribution < -0.4 is 5.32 Å². The summed E-state index contributed by atoms with van der Waals surface area (Å²) < 4.78 is 7.24. The topological polar surface area (TPSA) is 73.0 Å². The number of amides is 1. The van der Waals surface area contributed by atoms with E-state index >= 15 is 0 Å². The molecule has 0 aliphatic heterocycles. The number of benzene rings is 1. The molecule has 130 valence electrons. The van der Waals surface area contributed by atoms with E-state index in [9.17, 15) is 4.79 Å². The zero-order chi connectivity index (χ0) is 17.9. The van der Waals surface area contributed by atoms with Gasteiger partial charge >= 0.3 is 0 Å². The number of nitrogens with zero attached hydrogens (tertiary/aromatic N) is 3. The fourth-order valence-corrected chi connectivity index (χ4v) is 3.35. The number of carbonyl (C=O) groups excluding carboxylic acids is 1. The van der Waals surface area contributed by atoms with Crippen LogP contribution in [0, 0.1) is 6.92 Å². The number of carbonyl (C=O) groups is 1. The molecule has 0 aliphatic carbocycles. The van der Waals surface area contributed by atoms with Gasteiger partial charge in [0.05, 0.1) is 5.69 Å². The summed E-state index contributed by atoms with van der Waals surface area (Å²) in [6.07, 6.45) is 4.17. The zero-order valence-electron chi connectivity index (χ0n) is 14.0. The molecule has 0 aliphatic rings. The van der Waals surface area contributed by atoms with E-state index in [1.54, 1.807) is 23.1 Å². The molecular formula is C19H16N4O2S. The van der Waals surface area contributed by atoms with E-state index in [0.717, 1.165) is 22.1 Å². The first-order valence-corrected chi connectivity index (χ1v) is 8.91. The summed E-state index contributed by atoms with van der Waals surface area (Å²) in [4.78, 5) is 17.7. The predicted octanol–water partition coefficient (Wildman–Crippen LogP) is 4.07. The maximum atomic E-state index is 12.4. The van der Waals surface area contributed by atoms with Crippen molar-refractivity contribution in [2.45, 2.75) is 13.3 Å². The van der Waals surface area contributed by atoms with Gasteiger partial charge in [0.15, 0.2) is 10.8 Å². The highest BCUT2D eigenvalue weighted by atomic mass is 32.1. The number of hydrogen-bond donors (Lipinski definition) is 1. The molecule has 0 bridgehead atoms. The molecule has 0 fully saturated rings. The minimum atomic E-state index is -0.283. The van der Waals surface area contributed by atoms with Gasteiger partial charge in [0.2, 0.25) is 0 Å². The van der Waals surface area contributed by atoms with Crippen LogP contribution in [0.15, 0.2) is 65.3 Å². The Bertz CT molecular complexity index is 1030. The third-order valence-electron chi connectivity index (χ3n) is 3.76. The summed E-state index contributed by atoms with van der Waals surface area (Å²) >= 11 is 1.43. The summed E-state index contributed by atoms with van der Waals surface area (Å²) in [7, 11) is 0. The lowest BCUT2D eigenvalue weighted by molar-refractivity contribution is 0.102. The van der Waals surface area contributed by atoms with Gasteiger partial charge in [0, 0.05) is 23.7 Å². The number of furan rings is 1. The standard InChI is InChI=1S/C19H16N4O2S/c1-13-7-8-15(25-13)11-16-12-20-19(26-16)21-18(24)17-9-10-23(22-17)14-5-3-2-4-6-14/h2-10,12H,11H2,1H3,(H,20,21,24). The third kappa shape index (κ3) is 3.57. The first kappa shape index (κ1) is 16.3. The summed E-state index contributed by atoms with van der Waals surface area (Å²) in [6, 6.07) is 15.2. The van der Waals surface area contributed by atoms with Crippen molar-refractivity contribution < 1.29 is 9.21 Å². The average Bonchev–Trinajstić information content (AvgIpc) is 3.38. The summed E-state index contributed by atoms with van der Waals surface area (Å²) in [5, 5.41) is 7.66. The van der Waals surface area contributed by atoms with E-state index in [2.05, 4.69) is 15.4 Å². The van der Waals surface area contributed by atoms with Gasteiger partial charge in [0.25, 0.3) is 5.91 Å². The predicted molar refractivity (Wildman–Crippen MR) is 99.9 cm³/mol. The van der Waals surface area contributed by atoms with Crippen LogP contribution >= 0.6 is 11.3 Å². The number of thiazole rings is 1. The molecule has 3 heterocycles. The molecule has 0 atom stereocenters. The van der Waals surface area contributed by atoms with Crippen molar-refractivity contribution in [3.05, 3.63) is 83.0 Å². The molecule has 26 heavy (non-hydrogen) atoms. The van der Waals surface area contributed by atoms with Crippen LogP contribution in [0.2, 0.25) is 0 Å². The second kappa shape index (κ2) is 6.97. The first-order chi connectivity index (χ1) is 12.7. The quantitative estimate of drug-likeness (QED) is 0.579. The number of anilines is 1. The monoisotopic (exact) mass is 364 g/mol. The molecule has 0 unspecified atom stereocenters. The van der Waals surface area contributed by atoms with E-state index in [0.29, 0.717) is 17.2 Å². The number of nitrogens with one attached hydrogen (secondary N) is 1. The van der Waals surface area contributed by atoms with E-state index in [1.807, 2.05) is 49.4 Å². The summed E-state index contributed by atoms with van der Waals surface area (Å²) in [6.45, 7) is 1.91. The minimum absolute atomic E-state index is 0.283. The van der Waals surface area contributed by atoms with Gasteiger partial charge in [-0.25, -0.2) is 9.67 Å². The van der Waals surface area contributed by atoms with E-state index in [-0.39, 0.29) is 5.91 Å². The minimum Gasteiger partial charge on any atom is -0.466 e. The van der Waals surface area contributed by atoms with Crippen LogP contribution in [0.1, 0.15) is 26.9 Å². The number of rotatable bonds is 5. The zero-order valence-corrected chi connectivity index (χ0v) is 14.9. The van der Waals surface area contributed by atoms with Gasteiger partial charge in [-0.3, -0.25) is 10.1 Å². The number of para-hydroxylation sites is 1. The Balaban J connectivity index is 1.43. The van der Waals surface area contributed by atoms with Gasteiger partial charge in [-0.2, -0.15) is 5.10 Å². The Labute approximate surface area is 154 Å². The highest BCUT2D eigenvalue weighted by Crippen LogP contribution is 2.22. The van der Waals surface area contributed by atoms with Crippen molar-refractivity contribution in [3.63, 3.8) is 0 Å². The second-order valence-electron chi connectivity index (χ2n) is 5.76. The highest BCUT2D eigenvalue weighted by molar-refractivity contribution is 7.15. The maximum Gasteiger partial charge on any atom is 0.277 e. The molecule has 0 spiro atoms. The Hall–Kier alpha value is -3.19. The van der Waals surface area contributed by atoms with Gasteiger partial charge in [-0.1, -0.05) is 18.2 Å². The van der Waals surface area contributed by atoms with Crippen LogP contribution in [0.4, 0.5) is 5.13 Å². The Morgan fingerprint density at radius 2 is 2.04 bits per heavy atom. The van der Waals surface area contributed by atoms with E-state index in [4.69, 9.17) is 4.42 Å². The van der Waals surface area contributed by atoms with E-state index in [1.165, 1.54) is 11.3 Å². The number of aryl methyl sites for hydroxylation is 1. The van der Waals surface area contributed by atoms with Gasteiger partial charge < -0.3 is 4.42 Å². The van der Waals surface area contributed by atoms with Crippen molar-refractivity contribution in [2.24, 2.45) is 0 Å². The lowest BCUT2D eigenvalue weighted by Crippen LogP contribution is -2.12. The molecule has 7 heteroatoms. The number of hydrogen-bond acceptors (Lipinski definition) is 5. The van der Waals surface area contributed by atoms with Crippen molar-refractivity contribution in [1.82, 2.24) is 14.8 Å². The molecule has 3 aromatic heterocycles. The van der Waals surface area contributed by atoms with Crippen LogP contribution in [-0.2, 0) is 6.42 Å². The maximum absolute atomic E-state index is 12.4. The van der Waals surface area contributed by atoms with Crippen LogP contribution in [0.25, 0.3) is 5.69 Å². The molecule has 4 rings (SSSR count). The fourth-order valence-electron chi connectivity index (χ4n) is 2.53. The van der Waals surface area contributed by atoms with Gasteiger partial charge in [-0.05, 0) is 37.3 Å². The summed E-state index contributed by atoms with van der Waals surface area (Å²) in [5.74, 6) is 1.48. The van der Waals surface area contributed by atoms with Crippen molar-refractivity contribution >= 4 is 22.4 Å². The smallest absolute Gasteiger partial charge is 0.277 e. The Morgan fingerprint density at radius 1 is 1.19 bits per heavy atom. The molecule has 4 aromatic rings. The molecule has 1 aromatic carbocycles. The number of aromatic nitrogens is 3. The lowest BCUT2D eigenvalue weighted by atomic mass is 10.3. The fraction of sp³-hybridized carbons (Fsp3) is 0.105. The molecule has 0 radical (unpaired) electrons. The molecule has 6 nitrogen and oxygen atoms in total. The van der Waals surface area contributed by atoms with Crippen LogP contribution in [-0.4, -0.2) is 20.7 Å². The SMILES string of the molecule is Cc1ccc(Cc2cnc(NC(=O)c3ccn(-c4ccccc4)n3)s2)o1. The average molecular weight is 364 g/mol. The van der Waals surface area contributed by atoms with E-state index < -0.39 is 0 Å².